The van der Waals surface area contributed by atoms with E-state index in [0.29, 0.717) is 12.8 Å². The number of hydrogen-bond donors (Lipinski definition) is 2. The highest BCUT2D eigenvalue weighted by Gasteiger charge is 2.46. The number of benzene rings is 1. The summed E-state index contributed by atoms with van der Waals surface area (Å²) < 4.78 is 6.98. The monoisotopic (exact) mass is 315 g/mol. The highest BCUT2D eigenvalue weighted by molar-refractivity contribution is 5.89. The van der Waals surface area contributed by atoms with Crippen LogP contribution in [0.4, 0.5) is 0 Å². The number of aromatic carboxylic acids is 1. The number of carboxylic acid groups (broad SMARTS) is 1. The summed E-state index contributed by atoms with van der Waals surface area (Å²) in [6.45, 7) is -0.0687. The summed E-state index contributed by atoms with van der Waals surface area (Å²) in [7, 11) is 0. The molecule has 0 saturated heterocycles. The van der Waals surface area contributed by atoms with Gasteiger partial charge in [0, 0.05) is 12.3 Å². The molecule has 1 aromatic heterocycles. The molecule has 6 heteroatoms. The fourth-order valence-electron chi connectivity index (χ4n) is 2.60. The van der Waals surface area contributed by atoms with Gasteiger partial charge in [0.25, 0.3) is 0 Å². The summed E-state index contributed by atoms with van der Waals surface area (Å²) in [5.41, 5.74) is -0.489. The van der Waals surface area contributed by atoms with E-state index in [4.69, 9.17) is 4.74 Å². The lowest BCUT2D eigenvalue weighted by Crippen LogP contribution is -2.29. The molecule has 0 radical (unpaired) electrons. The average Bonchev–Trinajstić information content (AvgIpc) is 3.35. The van der Waals surface area contributed by atoms with Crippen LogP contribution >= 0.6 is 0 Å². The number of rotatable bonds is 6. The van der Waals surface area contributed by atoms with Crippen molar-refractivity contribution >= 4 is 5.97 Å². The second-order valence-electron chi connectivity index (χ2n) is 5.69. The summed E-state index contributed by atoms with van der Waals surface area (Å²) in [6.07, 6.45) is 2.76. The molecule has 0 atom stereocenters. The molecule has 2 aromatic rings. The number of hydrogen-bond acceptors (Lipinski definition) is 4. The molecule has 1 heterocycles. The average molecular weight is 315 g/mol. The number of aliphatic hydroxyl groups excluding tert-OH is 1. The minimum absolute atomic E-state index is 0.104. The minimum Gasteiger partial charge on any atom is -0.482 e. The van der Waals surface area contributed by atoms with Crippen LogP contribution in [-0.4, -0.2) is 27.4 Å². The van der Waals surface area contributed by atoms with Gasteiger partial charge in [-0.3, -0.25) is 4.79 Å². The van der Waals surface area contributed by atoms with Crippen LogP contribution < -0.4 is 10.2 Å². The Morgan fingerprint density at radius 2 is 1.91 bits per heavy atom. The molecule has 23 heavy (non-hydrogen) atoms. The van der Waals surface area contributed by atoms with Crippen molar-refractivity contribution < 1.29 is 19.7 Å². The number of pyridine rings is 1. The molecule has 1 aromatic carbocycles. The Morgan fingerprint density at radius 3 is 2.48 bits per heavy atom. The number of nitrogens with zero attached hydrogens (tertiary/aromatic N) is 1. The third kappa shape index (κ3) is 2.85. The second-order valence-corrected chi connectivity index (χ2v) is 5.69. The van der Waals surface area contributed by atoms with E-state index in [1.54, 1.807) is 0 Å². The Kier molecular flexibility index (Phi) is 3.92. The van der Waals surface area contributed by atoms with Crippen LogP contribution in [0.1, 0.15) is 28.9 Å². The van der Waals surface area contributed by atoms with E-state index in [1.165, 1.54) is 16.8 Å². The predicted octanol–water partition coefficient (Wildman–Crippen LogP) is 1.61. The van der Waals surface area contributed by atoms with Gasteiger partial charge in [-0.05, 0) is 18.4 Å². The van der Waals surface area contributed by atoms with E-state index in [0.717, 1.165) is 5.56 Å². The zero-order valence-corrected chi connectivity index (χ0v) is 12.4. The molecular weight excluding hydrogens is 298 g/mol. The molecule has 1 fully saturated rings. The van der Waals surface area contributed by atoms with Gasteiger partial charge in [-0.2, -0.15) is 0 Å². The largest absolute Gasteiger partial charge is 0.482 e. The van der Waals surface area contributed by atoms with Crippen LogP contribution in [-0.2, 0) is 12.1 Å². The molecular formula is C17H17NO5. The Hall–Kier alpha value is -2.60. The highest BCUT2D eigenvalue weighted by atomic mass is 16.5. The van der Waals surface area contributed by atoms with Gasteiger partial charge in [0.1, 0.15) is 6.61 Å². The molecule has 1 saturated carbocycles. The maximum absolute atomic E-state index is 12.1. The van der Waals surface area contributed by atoms with Gasteiger partial charge in [0.2, 0.25) is 5.43 Å². The topological polar surface area (TPSA) is 88.8 Å². The molecule has 2 N–H and O–H groups in total. The Balaban J connectivity index is 2.00. The summed E-state index contributed by atoms with van der Waals surface area (Å²) in [4.78, 5) is 23.8. The van der Waals surface area contributed by atoms with Gasteiger partial charge in [0.05, 0.1) is 12.1 Å². The summed E-state index contributed by atoms with van der Waals surface area (Å²) in [5, 5.41) is 19.1. The SMILES string of the molecule is O=C(O)c1c(OCc2ccccc2)c(=O)ccn1C1(CO)CC1. The Bertz CT molecular complexity index is 777. The van der Waals surface area contributed by atoms with E-state index < -0.39 is 16.9 Å². The Morgan fingerprint density at radius 1 is 1.22 bits per heavy atom. The van der Waals surface area contributed by atoms with Crippen LogP contribution in [0, 0.1) is 0 Å². The third-order valence-electron chi connectivity index (χ3n) is 4.12. The third-order valence-corrected chi connectivity index (χ3v) is 4.12. The van der Waals surface area contributed by atoms with Gasteiger partial charge >= 0.3 is 5.97 Å². The fourth-order valence-corrected chi connectivity index (χ4v) is 2.60. The first kappa shape index (κ1) is 15.3. The maximum atomic E-state index is 12.1. The summed E-state index contributed by atoms with van der Waals surface area (Å²) in [5.74, 6) is -1.44. The predicted molar refractivity (Wildman–Crippen MR) is 82.7 cm³/mol. The van der Waals surface area contributed by atoms with Crippen LogP contribution in [0.2, 0.25) is 0 Å². The molecule has 3 rings (SSSR count). The molecule has 1 aliphatic rings. The first-order valence-corrected chi connectivity index (χ1v) is 7.34. The maximum Gasteiger partial charge on any atom is 0.356 e. The van der Waals surface area contributed by atoms with E-state index in [9.17, 15) is 19.8 Å². The molecule has 0 aliphatic heterocycles. The van der Waals surface area contributed by atoms with Crippen LogP contribution in [0.15, 0.2) is 47.4 Å². The number of carbonyl (C=O) groups is 1. The van der Waals surface area contributed by atoms with Gasteiger partial charge in [-0.1, -0.05) is 30.3 Å². The molecule has 0 bridgehead atoms. The lowest BCUT2D eigenvalue weighted by molar-refractivity contribution is 0.0668. The van der Waals surface area contributed by atoms with Gasteiger partial charge in [-0.25, -0.2) is 4.79 Å². The smallest absolute Gasteiger partial charge is 0.356 e. The zero-order chi connectivity index (χ0) is 16.4. The van der Waals surface area contributed by atoms with E-state index >= 15 is 0 Å². The minimum atomic E-state index is -1.24. The first-order chi connectivity index (χ1) is 11.1. The van der Waals surface area contributed by atoms with Crippen molar-refractivity contribution in [3.63, 3.8) is 0 Å². The molecule has 0 unspecified atom stereocenters. The number of ether oxygens (including phenoxy) is 1. The van der Waals surface area contributed by atoms with Gasteiger partial charge in [0.15, 0.2) is 11.4 Å². The molecule has 0 amide bonds. The van der Waals surface area contributed by atoms with Crippen LogP contribution in [0.3, 0.4) is 0 Å². The van der Waals surface area contributed by atoms with E-state index in [2.05, 4.69) is 0 Å². The van der Waals surface area contributed by atoms with Gasteiger partial charge < -0.3 is 19.5 Å². The zero-order valence-electron chi connectivity index (χ0n) is 12.4. The molecule has 1 aliphatic carbocycles. The second kappa shape index (κ2) is 5.89. The molecule has 0 spiro atoms. The van der Waals surface area contributed by atoms with Crippen molar-refractivity contribution in [1.29, 1.82) is 0 Å². The van der Waals surface area contributed by atoms with Crippen molar-refractivity contribution in [3.05, 3.63) is 64.1 Å². The lowest BCUT2D eigenvalue weighted by Gasteiger charge is -2.21. The molecule has 120 valence electrons. The number of aromatic nitrogens is 1. The quantitative estimate of drug-likeness (QED) is 0.845. The standard InChI is InChI=1S/C17H17NO5/c19-11-17(7-8-17)18-9-6-13(20)15(14(18)16(21)22)23-10-12-4-2-1-3-5-12/h1-6,9,19H,7-8,10-11H2,(H,21,22). The van der Waals surface area contributed by atoms with E-state index in [1.807, 2.05) is 30.3 Å². The van der Waals surface area contributed by atoms with Crippen molar-refractivity contribution in [2.24, 2.45) is 0 Å². The normalized spacial score (nSPS) is 15.2. The lowest BCUT2D eigenvalue weighted by atomic mass is 10.2. The van der Waals surface area contributed by atoms with Crippen molar-refractivity contribution in [2.75, 3.05) is 6.61 Å². The highest BCUT2D eigenvalue weighted by Crippen LogP contribution is 2.44. The number of aliphatic hydroxyl groups is 1. The summed E-state index contributed by atoms with van der Waals surface area (Å²) >= 11 is 0. The fraction of sp³-hybridized carbons (Fsp3) is 0.294. The van der Waals surface area contributed by atoms with Crippen molar-refractivity contribution in [3.8, 4) is 5.75 Å². The van der Waals surface area contributed by atoms with E-state index in [-0.39, 0.29) is 24.7 Å². The van der Waals surface area contributed by atoms with Crippen molar-refractivity contribution in [1.82, 2.24) is 4.57 Å². The molecule has 6 nitrogen and oxygen atoms in total. The Labute approximate surface area is 132 Å². The van der Waals surface area contributed by atoms with Crippen molar-refractivity contribution in [2.45, 2.75) is 25.0 Å². The summed E-state index contributed by atoms with van der Waals surface area (Å²) in [6, 6.07) is 10.5. The van der Waals surface area contributed by atoms with Crippen LogP contribution in [0.25, 0.3) is 0 Å². The van der Waals surface area contributed by atoms with Gasteiger partial charge in [-0.15, -0.1) is 0 Å². The number of carboxylic acids is 1. The first-order valence-electron chi connectivity index (χ1n) is 7.34. The van der Waals surface area contributed by atoms with Crippen LogP contribution in [0.5, 0.6) is 5.75 Å².